The maximum atomic E-state index is 12.0. The van der Waals surface area contributed by atoms with Crippen LogP contribution in [-0.2, 0) is 10.3 Å². The Balaban J connectivity index is 0.00000264. The van der Waals surface area contributed by atoms with E-state index < -0.39 is 23.0 Å². The summed E-state index contributed by atoms with van der Waals surface area (Å²) in [6, 6.07) is 5.98. The number of carbonyl (C=O) groups excluding carboxylic acids is 3. The fourth-order valence-corrected chi connectivity index (χ4v) is 2.11. The Morgan fingerprint density at radius 2 is 1.83 bits per heavy atom. The van der Waals surface area contributed by atoms with E-state index in [0.717, 1.165) is 0 Å². The van der Waals surface area contributed by atoms with E-state index >= 15 is 0 Å². The van der Waals surface area contributed by atoms with Gasteiger partial charge in [0.15, 0.2) is 0 Å². The molecule has 1 aliphatic heterocycles. The largest absolute Gasteiger partial charge is 0.350 e. The van der Waals surface area contributed by atoms with Crippen molar-refractivity contribution in [2.45, 2.75) is 31.8 Å². The Kier molecular flexibility index (Phi) is 5.39. The lowest BCUT2D eigenvalue weighted by Crippen LogP contribution is -2.45. The van der Waals surface area contributed by atoms with Crippen LogP contribution in [0.25, 0.3) is 0 Å². The van der Waals surface area contributed by atoms with Crippen molar-refractivity contribution in [3.63, 3.8) is 0 Å². The summed E-state index contributed by atoms with van der Waals surface area (Å²) in [6.45, 7) is 5.60. The van der Waals surface area contributed by atoms with Gasteiger partial charge in [-0.25, -0.2) is 4.79 Å². The molecule has 0 bridgehead atoms. The molecule has 4 amide bonds. The van der Waals surface area contributed by atoms with Crippen LogP contribution in [0.5, 0.6) is 0 Å². The van der Waals surface area contributed by atoms with Gasteiger partial charge in [0, 0.05) is 17.6 Å². The summed E-state index contributed by atoms with van der Waals surface area (Å²) < 4.78 is 0. The molecule has 0 radical (unpaired) electrons. The van der Waals surface area contributed by atoms with Gasteiger partial charge >= 0.3 is 6.03 Å². The van der Waals surface area contributed by atoms with Crippen molar-refractivity contribution in [3.05, 3.63) is 35.4 Å². The van der Waals surface area contributed by atoms with Gasteiger partial charge in [0.25, 0.3) is 11.8 Å². The molecule has 23 heavy (non-hydrogen) atoms. The third kappa shape index (κ3) is 4.20. The molecule has 1 saturated heterocycles. The first-order valence-corrected chi connectivity index (χ1v) is 6.93. The molecule has 1 fully saturated rings. The third-order valence-electron chi connectivity index (χ3n) is 3.47. The maximum absolute atomic E-state index is 12.0. The first-order chi connectivity index (χ1) is 10.1. The van der Waals surface area contributed by atoms with Crippen LogP contribution in [0.4, 0.5) is 4.79 Å². The molecule has 1 atom stereocenters. The number of benzene rings is 1. The molecule has 0 spiro atoms. The van der Waals surface area contributed by atoms with Gasteiger partial charge < -0.3 is 16.4 Å². The van der Waals surface area contributed by atoms with E-state index in [-0.39, 0.29) is 18.3 Å². The van der Waals surface area contributed by atoms with Gasteiger partial charge in [-0.2, -0.15) is 0 Å². The summed E-state index contributed by atoms with van der Waals surface area (Å²) >= 11 is 0. The zero-order valence-corrected chi connectivity index (χ0v) is 14.0. The van der Waals surface area contributed by atoms with Gasteiger partial charge in [-0.1, -0.05) is 12.1 Å². The highest BCUT2D eigenvalue weighted by molar-refractivity contribution is 6.07. The average Bonchev–Trinajstić information content (AvgIpc) is 2.69. The molecule has 126 valence electrons. The second-order valence-corrected chi connectivity index (χ2v) is 6.28. The Labute approximate surface area is 140 Å². The van der Waals surface area contributed by atoms with Gasteiger partial charge in [-0.3, -0.25) is 14.9 Å². The Morgan fingerprint density at radius 1 is 1.26 bits per heavy atom. The fraction of sp³-hybridized carbons (Fsp3) is 0.400. The Morgan fingerprint density at radius 3 is 2.26 bits per heavy atom. The minimum Gasteiger partial charge on any atom is -0.350 e. The van der Waals surface area contributed by atoms with E-state index in [0.29, 0.717) is 17.7 Å². The topological polar surface area (TPSA) is 113 Å². The number of hydrogen-bond acceptors (Lipinski definition) is 4. The quantitative estimate of drug-likeness (QED) is 0.602. The molecule has 7 nitrogen and oxygen atoms in total. The lowest BCUT2D eigenvalue weighted by atomic mass is 9.91. The molecule has 0 aliphatic carbocycles. The SMILES string of the molecule is CC(C)(N)CNC(=O)c1ccc(C2(C)NC(=O)NC2=O)cc1.Cl. The number of amides is 4. The van der Waals surface area contributed by atoms with E-state index in [1.165, 1.54) is 0 Å². The van der Waals surface area contributed by atoms with Crippen LogP contribution >= 0.6 is 12.4 Å². The molecular formula is C15H21ClN4O3. The molecule has 1 aromatic rings. The highest BCUT2D eigenvalue weighted by Gasteiger charge is 2.43. The number of imide groups is 1. The van der Waals surface area contributed by atoms with Crippen LogP contribution in [-0.4, -0.2) is 29.9 Å². The number of carbonyl (C=O) groups is 3. The lowest BCUT2D eigenvalue weighted by molar-refractivity contribution is -0.123. The predicted octanol–water partition coefficient (Wildman–Crippen LogP) is 0.630. The van der Waals surface area contributed by atoms with Crippen molar-refractivity contribution in [1.29, 1.82) is 0 Å². The minimum absolute atomic E-state index is 0. The summed E-state index contributed by atoms with van der Waals surface area (Å²) in [4.78, 5) is 35.1. The summed E-state index contributed by atoms with van der Waals surface area (Å²) in [5.74, 6) is -0.658. The van der Waals surface area contributed by atoms with Gasteiger partial charge in [0.2, 0.25) is 0 Å². The van der Waals surface area contributed by atoms with Crippen molar-refractivity contribution in [1.82, 2.24) is 16.0 Å². The van der Waals surface area contributed by atoms with E-state index in [1.807, 2.05) is 13.8 Å². The summed E-state index contributed by atoms with van der Waals surface area (Å²) in [5, 5.41) is 7.51. The summed E-state index contributed by atoms with van der Waals surface area (Å²) in [6.07, 6.45) is 0. The summed E-state index contributed by atoms with van der Waals surface area (Å²) in [5.41, 5.74) is 5.27. The second kappa shape index (κ2) is 6.55. The molecule has 5 N–H and O–H groups in total. The van der Waals surface area contributed by atoms with Crippen LogP contribution in [0.2, 0.25) is 0 Å². The van der Waals surface area contributed by atoms with E-state index in [2.05, 4.69) is 16.0 Å². The Bertz CT molecular complexity index is 625. The van der Waals surface area contributed by atoms with E-state index in [9.17, 15) is 14.4 Å². The monoisotopic (exact) mass is 340 g/mol. The predicted molar refractivity (Wildman–Crippen MR) is 88.3 cm³/mol. The fourth-order valence-electron chi connectivity index (χ4n) is 2.11. The maximum Gasteiger partial charge on any atom is 0.322 e. The molecule has 1 aliphatic rings. The second-order valence-electron chi connectivity index (χ2n) is 6.28. The smallest absolute Gasteiger partial charge is 0.322 e. The molecule has 8 heteroatoms. The van der Waals surface area contributed by atoms with Crippen molar-refractivity contribution in [3.8, 4) is 0 Å². The highest BCUT2D eigenvalue weighted by atomic mass is 35.5. The van der Waals surface area contributed by atoms with Crippen LogP contribution in [0, 0.1) is 0 Å². The van der Waals surface area contributed by atoms with Gasteiger partial charge in [0.05, 0.1) is 0 Å². The van der Waals surface area contributed by atoms with Crippen molar-refractivity contribution >= 4 is 30.3 Å². The molecule has 0 aromatic heterocycles. The number of halogens is 1. The zero-order chi connectivity index (χ0) is 16.5. The number of hydrogen-bond donors (Lipinski definition) is 4. The number of rotatable bonds is 4. The molecular weight excluding hydrogens is 320 g/mol. The number of urea groups is 1. The van der Waals surface area contributed by atoms with Crippen molar-refractivity contribution in [2.75, 3.05) is 6.54 Å². The molecule has 1 heterocycles. The third-order valence-corrected chi connectivity index (χ3v) is 3.47. The molecule has 0 saturated carbocycles. The average molecular weight is 341 g/mol. The van der Waals surface area contributed by atoms with Gasteiger partial charge in [-0.05, 0) is 38.5 Å². The van der Waals surface area contributed by atoms with Crippen LogP contribution in [0.1, 0.15) is 36.7 Å². The normalized spacial score (nSPS) is 20.3. The highest BCUT2D eigenvalue weighted by Crippen LogP contribution is 2.24. The number of nitrogens with two attached hydrogens (primary N) is 1. The van der Waals surface area contributed by atoms with Gasteiger partial charge in [0.1, 0.15) is 5.54 Å². The first-order valence-electron chi connectivity index (χ1n) is 6.93. The van der Waals surface area contributed by atoms with Crippen molar-refractivity contribution < 1.29 is 14.4 Å². The molecule has 1 unspecified atom stereocenters. The first kappa shape index (κ1) is 18.9. The van der Waals surface area contributed by atoms with Gasteiger partial charge in [-0.15, -0.1) is 12.4 Å². The van der Waals surface area contributed by atoms with Crippen LogP contribution < -0.4 is 21.7 Å². The number of nitrogens with one attached hydrogen (secondary N) is 3. The van der Waals surface area contributed by atoms with Crippen LogP contribution in [0.3, 0.4) is 0 Å². The van der Waals surface area contributed by atoms with E-state index in [1.54, 1.807) is 31.2 Å². The van der Waals surface area contributed by atoms with E-state index in [4.69, 9.17) is 5.73 Å². The minimum atomic E-state index is -1.12. The van der Waals surface area contributed by atoms with Crippen molar-refractivity contribution in [2.24, 2.45) is 5.73 Å². The zero-order valence-electron chi connectivity index (χ0n) is 13.2. The van der Waals surface area contributed by atoms with Crippen LogP contribution in [0.15, 0.2) is 24.3 Å². The lowest BCUT2D eigenvalue weighted by Gasteiger charge is -2.21. The Hall–Kier alpha value is -2.12. The summed E-state index contributed by atoms with van der Waals surface area (Å²) in [7, 11) is 0. The standard InChI is InChI=1S/C15H20N4O3.ClH/c1-14(2,16)8-17-11(20)9-4-6-10(7-5-9)15(3)12(21)18-13(22)19-15;/h4-7H,8,16H2,1-3H3,(H,17,20)(H2,18,19,21,22);1H. The molecule has 1 aromatic carbocycles. The molecule has 2 rings (SSSR count).